The molecular weight excluding hydrogens is 586 g/mol. The number of Topliss-reactive ketones (excluding diaryl/α,β-unsaturated/α-hetero) is 2. The number of likely N-dealkylation sites (tertiary alicyclic amines) is 1. The van der Waals surface area contributed by atoms with Crippen LogP contribution < -0.4 is 5.73 Å². The molecule has 3 aromatic rings. The SMILES string of the molecule is CN(C)C1C(=O)C(C(N)=O)=C(O)[C@@]2(O)C(=O)C3=C(O)c4c(O)ccc(-c5ccc(CN6CCCC6)c6ccccc56)c4C[C@@H]3C[C@H]12. The lowest BCUT2D eigenvalue weighted by molar-refractivity contribution is -0.153. The fourth-order valence-electron chi connectivity index (χ4n) is 8.41. The number of aliphatic hydroxyl groups excluding tert-OH is 2. The second-order valence-corrected chi connectivity index (χ2v) is 13.2. The van der Waals surface area contributed by atoms with Crippen LogP contribution in [0.5, 0.6) is 5.75 Å². The first-order chi connectivity index (χ1) is 21.9. The topological polar surface area (TPSA) is 165 Å². The van der Waals surface area contributed by atoms with E-state index in [2.05, 4.69) is 29.2 Å². The number of hydrogen-bond donors (Lipinski definition) is 5. The summed E-state index contributed by atoms with van der Waals surface area (Å²) in [5.74, 6) is -6.65. The normalized spacial score (nSPS) is 26.5. The molecule has 1 aliphatic heterocycles. The smallest absolute Gasteiger partial charge is 0.255 e. The highest BCUT2D eigenvalue weighted by Crippen LogP contribution is 2.54. The van der Waals surface area contributed by atoms with Crippen LogP contribution in [0.4, 0.5) is 0 Å². The monoisotopic (exact) mass is 623 g/mol. The van der Waals surface area contributed by atoms with Gasteiger partial charge in [0.1, 0.15) is 22.8 Å². The van der Waals surface area contributed by atoms with Crippen LogP contribution in [0.25, 0.3) is 27.7 Å². The molecule has 238 valence electrons. The number of hydrogen-bond acceptors (Lipinski definition) is 9. The quantitative estimate of drug-likeness (QED) is 0.268. The molecule has 3 aromatic carbocycles. The van der Waals surface area contributed by atoms with E-state index in [0.29, 0.717) is 5.56 Å². The van der Waals surface area contributed by atoms with Gasteiger partial charge in [-0.05, 0) is 97.9 Å². The molecule has 10 nitrogen and oxygen atoms in total. The zero-order chi connectivity index (χ0) is 32.7. The highest BCUT2D eigenvalue weighted by atomic mass is 16.3. The molecule has 1 amide bonds. The van der Waals surface area contributed by atoms with Crippen molar-refractivity contribution in [1.82, 2.24) is 9.80 Å². The van der Waals surface area contributed by atoms with E-state index in [-0.39, 0.29) is 29.7 Å². The van der Waals surface area contributed by atoms with Gasteiger partial charge >= 0.3 is 0 Å². The molecule has 0 radical (unpaired) electrons. The maximum absolute atomic E-state index is 14.2. The number of carbonyl (C=O) groups is 3. The zero-order valence-corrected chi connectivity index (χ0v) is 25.8. The van der Waals surface area contributed by atoms with Gasteiger partial charge in [-0.1, -0.05) is 42.5 Å². The Balaban J connectivity index is 1.39. The number of amides is 1. The number of fused-ring (bicyclic) bond motifs is 4. The van der Waals surface area contributed by atoms with Crippen molar-refractivity contribution in [2.45, 2.75) is 43.9 Å². The Kier molecular flexibility index (Phi) is 7.08. The lowest BCUT2D eigenvalue weighted by Crippen LogP contribution is -2.65. The van der Waals surface area contributed by atoms with Gasteiger partial charge in [-0.2, -0.15) is 0 Å². The first kappa shape index (κ1) is 30.2. The summed E-state index contributed by atoms with van der Waals surface area (Å²) >= 11 is 0. The zero-order valence-electron chi connectivity index (χ0n) is 25.8. The number of likely N-dealkylation sites (N-methyl/N-ethyl adjacent to an activating group) is 1. The molecule has 0 bridgehead atoms. The molecule has 3 aliphatic carbocycles. The van der Waals surface area contributed by atoms with Gasteiger partial charge in [0.05, 0.1) is 11.6 Å². The average Bonchev–Trinajstić information content (AvgIpc) is 3.52. The Bertz CT molecular complexity index is 1900. The summed E-state index contributed by atoms with van der Waals surface area (Å²) in [5, 5.41) is 47.9. The molecule has 46 heavy (non-hydrogen) atoms. The van der Waals surface area contributed by atoms with Gasteiger partial charge in [-0.3, -0.25) is 24.2 Å². The number of nitrogens with zero attached hydrogens (tertiary/aromatic N) is 2. The van der Waals surface area contributed by atoms with Crippen LogP contribution in [0.1, 0.15) is 36.0 Å². The highest BCUT2D eigenvalue weighted by molar-refractivity contribution is 6.24. The number of rotatable bonds is 5. The van der Waals surface area contributed by atoms with E-state index in [1.807, 2.05) is 18.2 Å². The standard InChI is InChI=1S/C36H37N3O7/c1-38(2)30-25-16-19-15-24-23(22-10-9-18(17-39-13-5-6-14-39)20-7-3-4-8-21(20)22)11-12-26(40)28(24)31(41)27(19)33(43)36(25,46)34(44)29(32(30)42)35(37)45/h3-4,7-12,19,25,30,40-41,44,46H,5-6,13-17H2,1-2H3,(H2,37,45)/t19-,25-,30?,36+/m1/s1. The van der Waals surface area contributed by atoms with Crippen molar-refractivity contribution in [3.63, 3.8) is 0 Å². The van der Waals surface area contributed by atoms with Crippen LogP contribution in [0, 0.1) is 11.8 Å². The minimum absolute atomic E-state index is 0.0381. The molecule has 0 spiro atoms. The van der Waals surface area contributed by atoms with E-state index in [9.17, 15) is 34.8 Å². The van der Waals surface area contributed by atoms with Crippen LogP contribution in [0.15, 0.2) is 65.4 Å². The third kappa shape index (κ3) is 4.24. The van der Waals surface area contributed by atoms with Crippen LogP contribution in [0.2, 0.25) is 0 Å². The van der Waals surface area contributed by atoms with Gasteiger partial charge in [-0.15, -0.1) is 0 Å². The van der Waals surface area contributed by atoms with Crippen LogP contribution in [-0.4, -0.2) is 86.5 Å². The molecule has 2 fully saturated rings. The number of aromatic hydroxyl groups is 1. The van der Waals surface area contributed by atoms with Crippen molar-refractivity contribution in [3.8, 4) is 16.9 Å². The van der Waals surface area contributed by atoms with Crippen molar-refractivity contribution >= 4 is 34.0 Å². The van der Waals surface area contributed by atoms with E-state index >= 15 is 0 Å². The maximum Gasteiger partial charge on any atom is 0.255 e. The number of primary amides is 1. The fraction of sp³-hybridized carbons (Fsp3) is 0.361. The van der Waals surface area contributed by atoms with Crippen molar-refractivity contribution < 1.29 is 34.8 Å². The largest absolute Gasteiger partial charge is 0.508 e. The minimum Gasteiger partial charge on any atom is -0.508 e. The van der Waals surface area contributed by atoms with Crippen molar-refractivity contribution in [2.75, 3.05) is 27.2 Å². The number of nitrogens with two attached hydrogens (primary N) is 1. The molecule has 10 heteroatoms. The first-order valence-corrected chi connectivity index (χ1v) is 15.7. The van der Waals surface area contributed by atoms with Crippen LogP contribution in [-0.2, 0) is 27.3 Å². The number of benzene rings is 3. The van der Waals surface area contributed by atoms with E-state index in [1.54, 1.807) is 14.1 Å². The fourth-order valence-corrected chi connectivity index (χ4v) is 8.41. The summed E-state index contributed by atoms with van der Waals surface area (Å²) < 4.78 is 0. The van der Waals surface area contributed by atoms with Crippen molar-refractivity contribution in [3.05, 3.63) is 82.1 Å². The molecule has 1 saturated carbocycles. The Morgan fingerprint density at radius 3 is 2.33 bits per heavy atom. The van der Waals surface area contributed by atoms with Gasteiger partial charge in [-0.25, -0.2) is 0 Å². The number of carbonyl (C=O) groups excluding carboxylic acids is 3. The Morgan fingerprint density at radius 2 is 1.65 bits per heavy atom. The Morgan fingerprint density at radius 1 is 0.978 bits per heavy atom. The highest BCUT2D eigenvalue weighted by Gasteiger charge is 2.64. The minimum atomic E-state index is -2.67. The van der Waals surface area contributed by atoms with E-state index < -0.39 is 58.0 Å². The first-order valence-electron chi connectivity index (χ1n) is 15.7. The third-order valence-electron chi connectivity index (χ3n) is 10.5. The van der Waals surface area contributed by atoms with E-state index in [4.69, 9.17) is 5.73 Å². The number of ketones is 2. The van der Waals surface area contributed by atoms with E-state index in [1.165, 1.54) is 29.4 Å². The summed E-state index contributed by atoms with van der Waals surface area (Å²) in [6, 6.07) is 14.5. The van der Waals surface area contributed by atoms with Crippen LogP contribution in [0.3, 0.4) is 0 Å². The number of aliphatic hydroxyl groups is 3. The predicted molar refractivity (Wildman–Crippen MR) is 172 cm³/mol. The van der Waals surface area contributed by atoms with Gasteiger partial charge in [0.15, 0.2) is 11.4 Å². The molecule has 6 N–H and O–H groups in total. The lowest BCUT2D eigenvalue weighted by atomic mass is 9.57. The summed E-state index contributed by atoms with van der Waals surface area (Å²) in [4.78, 5) is 43.8. The summed E-state index contributed by atoms with van der Waals surface area (Å²) in [5.41, 5.74) is 5.42. The molecule has 1 saturated heterocycles. The summed E-state index contributed by atoms with van der Waals surface area (Å²) in [6.07, 6.45) is 2.66. The molecule has 1 unspecified atom stereocenters. The maximum atomic E-state index is 14.2. The van der Waals surface area contributed by atoms with Crippen LogP contribution >= 0.6 is 0 Å². The predicted octanol–water partition coefficient (Wildman–Crippen LogP) is 3.38. The number of phenols is 1. The van der Waals surface area contributed by atoms with Gasteiger partial charge in [0.2, 0.25) is 5.78 Å². The molecule has 4 atom stereocenters. The Hall–Kier alpha value is -4.51. The van der Waals surface area contributed by atoms with Gasteiger partial charge < -0.3 is 26.2 Å². The third-order valence-corrected chi connectivity index (χ3v) is 10.5. The van der Waals surface area contributed by atoms with Gasteiger partial charge in [0.25, 0.3) is 5.91 Å². The van der Waals surface area contributed by atoms with E-state index in [0.717, 1.165) is 41.5 Å². The molecule has 0 aromatic heterocycles. The summed E-state index contributed by atoms with van der Waals surface area (Å²) in [6.45, 7) is 2.99. The van der Waals surface area contributed by atoms with Gasteiger partial charge in [0, 0.05) is 18.0 Å². The lowest BCUT2D eigenvalue weighted by Gasteiger charge is -2.50. The molecular formula is C36H37N3O7. The number of phenolic OH excluding ortho intramolecular Hbond substituents is 1. The Labute approximate surface area is 266 Å². The van der Waals surface area contributed by atoms with Crippen molar-refractivity contribution in [2.24, 2.45) is 17.6 Å². The molecule has 1 heterocycles. The molecule has 7 rings (SSSR count). The second kappa shape index (κ2) is 10.8. The molecule has 4 aliphatic rings. The average molecular weight is 624 g/mol. The van der Waals surface area contributed by atoms with Crippen molar-refractivity contribution in [1.29, 1.82) is 0 Å². The summed E-state index contributed by atoms with van der Waals surface area (Å²) in [7, 11) is 3.17. The second-order valence-electron chi connectivity index (χ2n) is 13.2.